The van der Waals surface area contributed by atoms with Crippen LogP contribution in [0.4, 0.5) is 10.3 Å². The second-order valence-corrected chi connectivity index (χ2v) is 13.6. The van der Waals surface area contributed by atoms with Crippen molar-refractivity contribution in [3.63, 3.8) is 0 Å². The smallest absolute Gasteiger partial charge is 0.386 e. The number of fused-ring (bicyclic) bond motifs is 2. The molecule has 0 amide bonds. The summed E-state index contributed by atoms with van der Waals surface area (Å²) in [6.07, 6.45) is -5.74. The number of hydrogen-bond acceptors (Lipinski definition) is 15. The topological polar surface area (TPSA) is 259 Å². The molecular formula is C20H23FN9O9PS2. The van der Waals surface area contributed by atoms with E-state index in [1.165, 1.54) is 10.9 Å². The summed E-state index contributed by atoms with van der Waals surface area (Å²) in [4.78, 5) is 44.8. The molecule has 2 aliphatic rings. The van der Waals surface area contributed by atoms with E-state index in [1.807, 2.05) is 0 Å². The second-order valence-electron chi connectivity index (χ2n) is 9.40. The van der Waals surface area contributed by atoms with Crippen LogP contribution < -0.4 is 16.9 Å². The molecule has 226 valence electrons. The monoisotopic (exact) mass is 647 g/mol. The molecule has 42 heavy (non-hydrogen) atoms. The van der Waals surface area contributed by atoms with Crippen molar-refractivity contribution in [1.82, 2.24) is 39.0 Å². The molecule has 18 nitrogen and oxygen atoms in total. The van der Waals surface area contributed by atoms with Gasteiger partial charge in [-0.05, 0) is 0 Å². The van der Waals surface area contributed by atoms with Gasteiger partial charge in [0.1, 0.15) is 23.7 Å². The molecule has 0 aromatic carbocycles. The molecule has 2 fully saturated rings. The fourth-order valence-corrected chi connectivity index (χ4v) is 7.77. The molecule has 4 aromatic rings. The van der Waals surface area contributed by atoms with Crippen molar-refractivity contribution in [2.45, 2.75) is 47.4 Å². The van der Waals surface area contributed by atoms with Gasteiger partial charge in [0, 0.05) is 0 Å². The van der Waals surface area contributed by atoms with Crippen LogP contribution in [-0.2, 0) is 18.3 Å². The van der Waals surface area contributed by atoms with Crippen LogP contribution in [0.3, 0.4) is 0 Å². The lowest BCUT2D eigenvalue weighted by Crippen LogP contribution is -2.35. The number of imidazole rings is 2. The third kappa shape index (κ3) is 5.03. The maximum Gasteiger partial charge on any atom is 0.386 e. The molecule has 9 atom stereocenters. The van der Waals surface area contributed by atoms with Gasteiger partial charge in [-0.3, -0.25) is 32.8 Å². The van der Waals surface area contributed by atoms with Gasteiger partial charge in [-0.15, -0.1) is 11.8 Å². The van der Waals surface area contributed by atoms with E-state index in [0.29, 0.717) is 0 Å². The van der Waals surface area contributed by atoms with E-state index in [1.54, 1.807) is 0 Å². The number of aromatic amines is 2. The molecule has 0 radical (unpaired) electrons. The summed E-state index contributed by atoms with van der Waals surface area (Å²) in [7, 11) is 0. The molecule has 2 aliphatic heterocycles. The van der Waals surface area contributed by atoms with E-state index in [0.717, 1.165) is 29.0 Å². The normalized spacial score (nSPS) is 31.3. The predicted molar refractivity (Wildman–Crippen MR) is 146 cm³/mol. The number of nitrogens with two attached hydrogens (primary N) is 1. The summed E-state index contributed by atoms with van der Waals surface area (Å²) < 4.78 is 47.4. The van der Waals surface area contributed by atoms with E-state index < -0.39 is 78.6 Å². The Morgan fingerprint density at radius 2 is 1.86 bits per heavy atom. The third-order valence-electron chi connectivity index (χ3n) is 6.81. The standard InChI is InChI=1S/C20H23FN9O9PS2/c21-8-11(32)6(38-18(8)29-4-25-9-14(29)23-3-24-16(9)34)2-37-40(36,41)39-13-12(33)7(1-31)42-19(13)30-5-26-10-15(30)27-20(22)28-17(10)35/h3-8,11-13,18-19,31-33H,1-2H2,(H,36,41)(H,23,24,34)(H3,22,27,28,35)/t6-,7-,8+,11-,12-,13-,18-,19-,40-/m1/s1. The molecule has 6 rings (SSSR count). The Morgan fingerprint density at radius 3 is 2.60 bits per heavy atom. The van der Waals surface area contributed by atoms with Crippen LogP contribution in [0.1, 0.15) is 11.6 Å². The van der Waals surface area contributed by atoms with Crippen LogP contribution in [0.5, 0.6) is 0 Å². The molecule has 0 spiro atoms. The number of rotatable bonds is 8. The summed E-state index contributed by atoms with van der Waals surface area (Å²) in [6, 6.07) is 0. The number of nitrogens with one attached hydrogen (secondary N) is 2. The van der Waals surface area contributed by atoms with Crippen molar-refractivity contribution in [2.24, 2.45) is 0 Å². The Bertz CT molecular complexity index is 1800. The highest BCUT2D eigenvalue weighted by Gasteiger charge is 2.50. The zero-order chi connectivity index (χ0) is 29.9. The van der Waals surface area contributed by atoms with E-state index in [2.05, 4.69) is 42.2 Å². The predicted octanol–water partition coefficient (Wildman–Crippen LogP) is -1.16. The molecule has 0 saturated carbocycles. The van der Waals surface area contributed by atoms with Gasteiger partial charge in [0.15, 0.2) is 34.7 Å². The Kier molecular flexibility index (Phi) is 7.64. The number of nitrogen functional groups attached to an aromatic ring is 1. The molecular weight excluding hydrogens is 624 g/mol. The Morgan fingerprint density at radius 1 is 1.14 bits per heavy atom. The SMILES string of the molecule is Nc1nc2c(ncn2[C@@H]2S[C@H](CO)[C@@H](O)[C@H]2O[P@](=O)(S)OC[C@H]2O[C@@H](n3cnc4c(=O)[nH]cnc43)[C@@H](F)[C@@H]2O)c(=O)[nH]1. The summed E-state index contributed by atoms with van der Waals surface area (Å²) in [6.45, 7) is -5.48. The first-order valence-electron chi connectivity index (χ1n) is 12.2. The second kappa shape index (κ2) is 11.0. The quantitative estimate of drug-likeness (QED) is 0.0879. The maximum atomic E-state index is 15.1. The van der Waals surface area contributed by atoms with Gasteiger partial charge < -0.3 is 30.8 Å². The lowest BCUT2D eigenvalue weighted by Gasteiger charge is -2.26. The van der Waals surface area contributed by atoms with Gasteiger partial charge in [-0.25, -0.2) is 23.9 Å². The van der Waals surface area contributed by atoms with E-state index in [4.69, 9.17) is 19.5 Å². The van der Waals surface area contributed by atoms with Crippen molar-refractivity contribution < 1.29 is 38.1 Å². The minimum absolute atomic E-state index is 0.0193. The van der Waals surface area contributed by atoms with Crippen LogP contribution in [-0.4, -0.2) is 103 Å². The van der Waals surface area contributed by atoms with Gasteiger partial charge >= 0.3 is 6.80 Å². The first-order valence-corrected chi connectivity index (χ1v) is 15.8. The van der Waals surface area contributed by atoms with Gasteiger partial charge in [-0.1, -0.05) is 12.2 Å². The fourth-order valence-electron chi connectivity index (χ4n) is 4.80. The lowest BCUT2D eigenvalue weighted by molar-refractivity contribution is -0.0457. The molecule has 0 bridgehead atoms. The average Bonchev–Trinajstić information content (AvgIpc) is 3.69. The zero-order valence-corrected chi connectivity index (χ0v) is 23.6. The molecule has 7 N–H and O–H groups in total. The van der Waals surface area contributed by atoms with Crippen LogP contribution in [0, 0.1) is 0 Å². The number of alkyl halides is 1. The minimum atomic E-state index is -4.36. The zero-order valence-electron chi connectivity index (χ0n) is 21.0. The average molecular weight is 648 g/mol. The Hall–Kier alpha value is -2.88. The van der Waals surface area contributed by atoms with Gasteiger partial charge in [0.05, 0.1) is 43.5 Å². The molecule has 22 heteroatoms. The number of halogens is 1. The largest absolute Gasteiger partial charge is 0.395 e. The third-order valence-corrected chi connectivity index (χ3v) is 9.97. The molecule has 6 heterocycles. The number of H-pyrrole nitrogens is 2. The first-order chi connectivity index (χ1) is 20.0. The number of aliphatic hydroxyl groups excluding tert-OH is 3. The summed E-state index contributed by atoms with van der Waals surface area (Å²) in [5.74, 6) is -0.192. The number of anilines is 1. The fraction of sp³-hybridized carbons (Fsp3) is 0.500. The summed E-state index contributed by atoms with van der Waals surface area (Å²) in [5.41, 5.74) is 4.47. The first kappa shape index (κ1) is 29.2. The van der Waals surface area contributed by atoms with Gasteiger partial charge in [-0.2, -0.15) is 4.98 Å². The van der Waals surface area contributed by atoms with Gasteiger partial charge in [0.25, 0.3) is 11.1 Å². The maximum absolute atomic E-state index is 15.1. The van der Waals surface area contributed by atoms with Crippen molar-refractivity contribution >= 4 is 59.1 Å². The number of thiol groups is 1. The van der Waals surface area contributed by atoms with E-state index in [-0.39, 0.29) is 28.3 Å². The molecule has 4 aromatic heterocycles. The van der Waals surface area contributed by atoms with Crippen LogP contribution >= 0.6 is 30.8 Å². The van der Waals surface area contributed by atoms with Crippen LogP contribution in [0.25, 0.3) is 22.3 Å². The van der Waals surface area contributed by atoms with Crippen molar-refractivity contribution in [1.29, 1.82) is 0 Å². The van der Waals surface area contributed by atoms with Crippen LogP contribution in [0.2, 0.25) is 0 Å². The highest BCUT2D eigenvalue weighted by Crippen LogP contribution is 2.59. The summed E-state index contributed by atoms with van der Waals surface area (Å²) in [5, 5.41) is 29.4. The Balaban J connectivity index is 1.19. The minimum Gasteiger partial charge on any atom is -0.395 e. The number of ether oxygens (including phenoxy) is 1. The lowest BCUT2D eigenvalue weighted by atomic mass is 10.1. The van der Waals surface area contributed by atoms with E-state index in [9.17, 15) is 29.5 Å². The van der Waals surface area contributed by atoms with Gasteiger partial charge in [0.2, 0.25) is 5.95 Å². The van der Waals surface area contributed by atoms with Crippen molar-refractivity contribution in [3.05, 3.63) is 39.7 Å². The summed E-state index contributed by atoms with van der Waals surface area (Å²) >= 11 is 5.03. The number of nitrogens with zero attached hydrogens (tertiary/aromatic N) is 6. The number of aromatic nitrogens is 8. The molecule has 2 saturated heterocycles. The molecule has 0 aliphatic carbocycles. The Labute approximate surface area is 242 Å². The number of aliphatic hydroxyl groups is 3. The van der Waals surface area contributed by atoms with E-state index >= 15 is 4.39 Å². The van der Waals surface area contributed by atoms with Crippen molar-refractivity contribution in [3.8, 4) is 0 Å². The number of thioether (sulfide) groups is 1. The van der Waals surface area contributed by atoms with Crippen molar-refractivity contribution in [2.75, 3.05) is 18.9 Å². The van der Waals surface area contributed by atoms with Crippen LogP contribution in [0.15, 0.2) is 28.6 Å². The highest BCUT2D eigenvalue weighted by molar-refractivity contribution is 8.44. The highest BCUT2D eigenvalue weighted by atomic mass is 32.7. The molecule has 0 unspecified atom stereocenters. The number of hydrogen-bond donors (Lipinski definition) is 7.